The Morgan fingerprint density at radius 3 is 2.34 bits per heavy atom. The van der Waals surface area contributed by atoms with Crippen molar-refractivity contribution in [3.8, 4) is 5.75 Å². The van der Waals surface area contributed by atoms with E-state index in [4.69, 9.17) is 0 Å². The second-order valence-electron chi connectivity index (χ2n) is 10.2. The molecule has 0 spiro atoms. The summed E-state index contributed by atoms with van der Waals surface area (Å²) < 4.78 is 25.3. The van der Waals surface area contributed by atoms with Crippen LogP contribution in [0.4, 0.5) is 5.69 Å². The lowest BCUT2D eigenvalue weighted by Crippen LogP contribution is -2.43. The first-order valence-corrected chi connectivity index (χ1v) is 14.4. The molecule has 0 aliphatic heterocycles. The largest absolute Gasteiger partial charge is 0.506 e. The highest BCUT2D eigenvalue weighted by Gasteiger charge is 2.21. The predicted molar refractivity (Wildman–Crippen MR) is 151 cm³/mol. The minimum Gasteiger partial charge on any atom is -0.506 e. The van der Waals surface area contributed by atoms with Crippen LogP contribution in [0.1, 0.15) is 42.2 Å². The molecule has 0 radical (unpaired) electrons. The molecule has 0 aliphatic carbocycles. The van der Waals surface area contributed by atoms with E-state index in [2.05, 4.69) is 15.4 Å². The van der Waals surface area contributed by atoms with E-state index in [1.54, 1.807) is 6.07 Å². The molecule has 3 aromatic rings. The van der Waals surface area contributed by atoms with Crippen molar-refractivity contribution in [1.82, 2.24) is 10.6 Å². The normalized spacial score (nSPS) is 12.6. The monoisotopic (exact) mass is 539 g/mol. The number of aromatic hydroxyl groups is 1. The fraction of sp³-hybridized carbons (Fsp3) is 0.345. The molecule has 0 aliphatic rings. The van der Waals surface area contributed by atoms with Gasteiger partial charge in [-0.2, -0.15) is 0 Å². The van der Waals surface area contributed by atoms with Gasteiger partial charge in [-0.3, -0.25) is 9.52 Å². The number of hydrogen-bond donors (Lipinski definition) is 5. The number of rotatable bonds is 13. The minimum atomic E-state index is -3.57. The zero-order valence-corrected chi connectivity index (χ0v) is 22.9. The Hall–Kier alpha value is -3.40. The second kappa shape index (κ2) is 12.9. The van der Waals surface area contributed by atoms with Crippen LogP contribution < -0.4 is 15.4 Å². The average Bonchev–Trinajstić information content (AvgIpc) is 2.84. The van der Waals surface area contributed by atoms with Crippen LogP contribution in [-0.4, -0.2) is 49.4 Å². The Balaban J connectivity index is 1.52. The van der Waals surface area contributed by atoms with Crippen molar-refractivity contribution in [2.75, 3.05) is 24.1 Å². The van der Waals surface area contributed by atoms with Crippen molar-refractivity contribution in [2.45, 2.75) is 44.8 Å². The van der Waals surface area contributed by atoms with Crippen molar-refractivity contribution in [1.29, 1.82) is 0 Å². The van der Waals surface area contributed by atoms with Gasteiger partial charge >= 0.3 is 0 Å². The quantitative estimate of drug-likeness (QED) is 0.212. The SMILES string of the molecule is CC(C)(Cc1cccc(CC(=O)NCCc2ccccc2)c1)NC[C@@H](O)c1ccc(O)c(NS(C)(=O)=O)c1. The van der Waals surface area contributed by atoms with Gasteiger partial charge in [0, 0.05) is 18.6 Å². The third-order valence-electron chi connectivity index (χ3n) is 6.06. The smallest absolute Gasteiger partial charge is 0.229 e. The first kappa shape index (κ1) is 29.2. The maximum absolute atomic E-state index is 12.4. The number of phenols is 1. The Morgan fingerprint density at radius 1 is 0.947 bits per heavy atom. The number of anilines is 1. The second-order valence-corrected chi connectivity index (χ2v) is 11.9. The van der Waals surface area contributed by atoms with Gasteiger partial charge in [-0.25, -0.2) is 8.42 Å². The summed E-state index contributed by atoms with van der Waals surface area (Å²) in [5.41, 5.74) is 3.30. The van der Waals surface area contributed by atoms with Gasteiger partial charge in [-0.1, -0.05) is 60.7 Å². The first-order chi connectivity index (χ1) is 17.9. The average molecular weight is 540 g/mol. The number of sulfonamides is 1. The minimum absolute atomic E-state index is 0.0165. The molecular weight excluding hydrogens is 502 g/mol. The summed E-state index contributed by atoms with van der Waals surface area (Å²) in [6.07, 6.45) is 1.84. The number of carbonyl (C=O) groups excluding carboxylic acids is 1. The molecule has 1 amide bonds. The molecule has 1 atom stereocenters. The van der Waals surface area contributed by atoms with Crippen LogP contribution in [-0.2, 0) is 34.1 Å². The molecule has 38 heavy (non-hydrogen) atoms. The number of phenolic OH excluding ortho intramolecular Hbond substituents is 1. The maximum atomic E-state index is 12.4. The molecule has 5 N–H and O–H groups in total. The fourth-order valence-electron chi connectivity index (χ4n) is 4.19. The molecule has 0 saturated heterocycles. The summed E-state index contributed by atoms with van der Waals surface area (Å²) in [5, 5.41) is 26.9. The fourth-order valence-corrected chi connectivity index (χ4v) is 4.76. The summed E-state index contributed by atoms with van der Waals surface area (Å²) in [4.78, 5) is 12.4. The van der Waals surface area contributed by atoms with E-state index in [9.17, 15) is 23.4 Å². The summed E-state index contributed by atoms with van der Waals surface area (Å²) >= 11 is 0. The predicted octanol–water partition coefficient (Wildman–Crippen LogP) is 3.31. The summed E-state index contributed by atoms with van der Waals surface area (Å²) in [6.45, 7) is 4.86. The van der Waals surface area contributed by atoms with Crippen LogP contribution in [0.5, 0.6) is 5.75 Å². The molecule has 0 saturated carbocycles. The number of hydrogen-bond acceptors (Lipinski definition) is 6. The molecule has 0 heterocycles. The standard InChI is InChI=1S/C29H37N3O5S/c1-29(2,31-20-27(34)24-12-13-26(33)25(18-24)32-38(3,36)37)19-23-11-7-10-22(16-23)17-28(35)30-15-14-21-8-5-4-6-9-21/h4-13,16,18,27,31-34H,14-15,17,19-20H2,1-3H3,(H,30,35)/t27-/m1/s1. The number of nitrogens with one attached hydrogen (secondary N) is 3. The Labute approximate surface area is 225 Å². The molecule has 8 nitrogen and oxygen atoms in total. The van der Waals surface area contributed by atoms with Crippen LogP contribution in [0.2, 0.25) is 0 Å². The zero-order valence-electron chi connectivity index (χ0n) is 22.1. The van der Waals surface area contributed by atoms with Crippen LogP contribution >= 0.6 is 0 Å². The summed E-state index contributed by atoms with van der Waals surface area (Å²) in [6, 6.07) is 22.3. The van der Waals surface area contributed by atoms with E-state index in [1.165, 1.54) is 17.7 Å². The summed E-state index contributed by atoms with van der Waals surface area (Å²) in [7, 11) is -3.57. The lowest BCUT2D eigenvalue weighted by Gasteiger charge is -2.28. The molecule has 3 aromatic carbocycles. The molecule has 0 fully saturated rings. The third-order valence-corrected chi connectivity index (χ3v) is 6.65. The van der Waals surface area contributed by atoms with Crippen LogP contribution in [0.3, 0.4) is 0 Å². The molecular formula is C29H37N3O5S. The number of carbonyl (C=O) groups is 1. The van der Waals surface area contributed by atoms with Gasteiger partial charge in [-0.05, 0) is 61.1 Å². The number of β-amino-alcohol motifs (C(OH)–C–C–N with tert-alkyl or cyclic N) is 1. The van der Waals surface area contributed by atoms with Gasteiger partial charge < -0.3 is 20.8 Å². The zero-order chi connectivity index (χ0) is 27.8. The first-order valence-electron chi connectivity index (χ1n) is 12.5. The van der Waals surface area contributed by atoms with Gasteiger partial charge in [0.2, 0.25) is 15.9 Å². The Kier molecular flexibility index (Phi) is 9.90. The van der Waals surface area contributed by atoms with Crippen molar-refractivity contribution in [2.24, 2.45) is 0 Å². The van der Waals surface area contributed by atoms with Gasteiger partial charge in [0.25, 0.3) is 0 Å². The van der Waals surface area contributed by atoms with Gasteiger partial charge in [0.15, 0.2) is 0 Å². The van der Waals surface area contributed by atoms with E-state index >= 15 is 0 Å². The molecule has 9 heteroatoms. The van der Waals surface area contributed by atoms with Crippen molar-refractivity contribution < 1.29 is 23.4 Å². The molecule has 0 aromatic heterocycles. The van der Waals surface area contributed by atoms with Gasteiger partial charge in [0.1, 0.15) is 5.75 Å². The van der Waals surface area contributed by atoms with Gasteiger partial charge in [-0.15, -0.1) is 0 Å². The summed E-state index contributed by atoms with van der Waals surface area (Å²) in [5.74, 6) is -0.235. The molecule has 3 rings (SSSR count). The van der Waals surface area contributed by atoms with Crippen molar-refractivity contribution >= 4 is 21.6 Å². The molecule has 0 unspecified atom stereocenters. The van der Waals surface area contributed by atoms with E-state index < -0.39 is 16.1 Å². The van der Waals surface area contributed by atoms with Crippen LogP contribution in [0, 0.1) is 0 Å². The number of aliphatic hydroxyl groups excluding tert-OH is 1. The maximum Gasteiger partial charge on any atom is 0.229 e. The van der Waals surface area contributed by atoms with Crippen LogP contribution in [0.25, 0.3) is 0 Å². The third kappa shape index (κ3) is 9.81. The highest BCUT2D eigenvalue weighted by Crippen LogP contribution is 2.28. The van der Waals surface area contributed by atoms with Crippen LogP contribution in [0.15, 0.2) is 72.8 Å². The van der Waals surface area contributed by atoms with E-state index in [-0.39, 0.29) is 29.4 Å². The van der Waals surface area contributed by atoms with E-state index in [1.807, 2.05) is 68.4 Å². The van der Waals surface area contributed by atoms with Crippen molar-refractivity contribution in [3.05, 3.63) is 95.1 Å². The van der Waals surface area contributed by atoms with E-state index in [0.717, 1.165) is 23.8 Å². The highest BCUT2D eigenvalue weighted by atomic mass is 32.2. The topological polar surface area (TPSA) is 128 Å². The number of aliphatic hydroxyl groups is 1. The number of amides is 1. The molecule has 0 bridgehead atoms. The lowest BCUT2D eigenvalue weighted by molar-refractivity contribution is -0.120. The lowest BCUT2D eigenvalue weighted by atomic mass is 9.93. The number of benzene rings is 3. The van der Waals surface area contributed by atoms with Crippen molar-refractivity contribution in [3.63, 3.8) is 0 Å². The van der Waals surface area contributed by atoms with E-state index in [0.29, 0.717) is 24.9 Å². The Morgan fingerprint density at radius 2 is 1.63 bits per heavy atom. The highest BCUT2D eigenvalue weighted by molar-refractivity contribution is 7.92. The molecule has 204 valence electrons. The Bertz CT molecular complexity index is 1330. The van der Waals surface area contributed by atoms with Gasteiger partial charge in [0.05, 0.1) is 24.5 Å².